The molecule has 7 nitrogen and oxygen atoms in total. The van der Waals surface area contributed by atoms with Gasteiger partial charge in [-0.15, -0.1) is 0 Å². The molecular formula is C15H24N4O3S. The van der Waals surface area contributed by atoms with Crippen LogP contribution in [-0.4, -0.2) is 77.1 Å². The predicted octanol–water partition coefficient (Wildman–Crippen LogP) is -0.00700. The molecule has 0 unspecified atom stereocenters. The number of fused-ring (bicyclic) bond motifs is 1. The summed E-state index contributed by atoms with van der Waals surface area (Å²) in [7, 11) is -3.06. The number of aryl methyl sites for hydroxylation is 1. The van der Waals surface area contributed by atoms with Gasteiger partial charge in [-0.05, 0) is 19.0 Å². The number of carbonyl (C=O) groups excluding carboxylic acids is 1. The van der Waals surface area contributed by atoms with Crippen LogP contribution in [0, 0.1) is 0 Å². The third-order valence-corrected chi connectivity index (χ3v) is 6.43. The van der Waals surface area contributed by atoms with E-state index >= 15 is 0 Å². The summed E-state index contributed by atoms with van der Waals surface area (Å²) in [5.41, 5.74) is 0. The fraction of sp³-hybridized carbons (Fsp3) is 0.733. The summed E-state index contributed by atoms with van der Waals surface area (Å²) in [5.74, 6) is 0.315. The summed E-state index contributed by atoms with van der Waals surface area (Å²) >= 11 is 0. The highest BCUT2D eigenvalue weighted by Gasteiger charge is 2.47. The molecule has 3 rings (SSSR count). The second-order valence-corrected chi connectivity index (χ2v) is 8.51. The van der Waals surface area contributed by atoms with Crippen molar-refractivity contribution in [1.29, 1.82) is 0 Å². The number of hydrogen-bond acceptors (Lipinski definition) is 5. The summed E-state index contributed by atoms with van der Waals surface area (Å²) in [5, 5.41) is 4.10. The number of hydrogen-bond donors (Lipinski definition) is 0. The molecule has 0 aliphatic carbocycles. The molecule has 2 aliphatic heterocycles. The molecule has 0 spiro atoms. The monoisotopic (exact) mass is 340 g/mol. The van der Waals surface area contributed by atoms with Crippen LogP contribution in [0.15, 0.2) is 18.5 Å². The summed E-state index contributed by atoms with van der Waals surface area (Å²) < 4.78 is 25.9. The van der Waals surface area contributed by atoms with Crippen molar-refractivity contribution in [2.45, 2.75) is 38.4 Å². The SMILES string of the molecule is CCCN1CCN(C(=O)CCn2cccn2)[C@@H]2CS(=O)(=O)C[C@@H]21. The average Bonchev–Trinajstić information content (AvgIpc) is 3.11. The minimum absolute atomic E-state index is 0.0312. The highest BCUT2D eigenvalue weighted by Crippen LogP contribution is 2.27. The van der Waals surface area contributed by atoms with Crippen LogP contribution in [0.2, 0.25) is 0 Å². The highest BCUT2D eigenvalue weighted by molar-refractivity contribution is 7.91. The largest absolute Gasteiger partial charge is 0.336 e. The molecule has 0 N–H and O–H groups in total. The van der Waals surface area contributed by atoms with Crippen LogP contribution in [0.5, 0.6) is 0 Å². The zero-order chi connectivity index (χ0) is 16.4. The Labute approximate surface area is 137 Å². The second-order valence-electron chi connectivity index (χ2n) is 6.35. The molecule has 23 heavy (non-hydrogen) atoms. The zero-order valence-electron chi connectivity index (χ0n) is 13.5. The molecule has 0 aromatic carbocycles. The van der Waals surface area contributed by atoms with E-state index in [-0.39, 0.29) is 29.5 Å². The standard InChI is InChI=1S/C15H24N4O3S/c1-2-6-17-9-10-19(14-12-23(21,22)11-13(14)17)15(20)4-8-18-7-3-5-16-18/h3,5,7,13-14H,2,4,6,8-12H2,1H3/t13-,14+/m0/s1. The summed E-state index contributed by atoms with van der Waals surface area (Å²) in [6.45, 7) is 4.91. The van der Waals surface area contributed by atoms with Crippen LogP contribution < -0.4 is 0 Å². The maximum Gasteiger partial charge on any atom is 0.224 e. The number of carbonyl (C=O) groups is 1. The quantitative estimate of drug-likeness (QED) is 0.754. The van der Waals surface area contributed by atoms with Gasteiger partial charge in [0.2, 0.25) is 5.91 Å². The van der Waals surface area contributed by atoms with E-state index < -0.39 is 9.84 Å². The molecular weight excluding hydrogens is 316 g/mol. The predicted molar refractivity (Wildman–Crippen MR) is 86.7 cm³/mol. The lowest BCUT2D eigenvalue weighted by atomic mass is 10.0. The molecule has 2 atom stereocenters. The van der Waals surface area contributed by atoms with E-state index in [0.717, 1.165) is 19.5 Å². The maximum absolute atomic E-state index is 12.6. The number of aromatic nitrogens is 2. The molecule has 0 radical (unpaired) electrons. The van der Waals surface area contributed by atoms with E-state index in [9.17, 15) is 13.2 Å². The van der Waals surface area contributed by atoms with Crippen LogP contribution in [0.3, 0.4) is 0 Å². The molecule has 1 aromatic rings. The summed E-state index contributed by atoms with van der Waals surface area (Å²) in [6.07, 6.45) is 4.87. The topological polar surface area (TPSA) is 75.5 Å². The van der Waals surface area contributed by atoms with Crippen molar-refractivity contribution >= 4 is 15.7 Å². The fourth-order valence-electron chi connectivity index (χ4n) is 3.69. The van der Waals surface area contributed by atoms with E-state index in [1.807, 2.05) is 12.3 Å². The molecule has 128 valence electrons. The Bertz CT molecular complexity index is 644. The Morgan fingerprint density at radius 1 is 1.22 bits per heavy atom. The summed E-state index contributed by atoms with van der Waals surface area (Å²) in [6, 6.07) is 1.60. The molecule has 8 heteroatoms. The minimum atomic E-state index is -3.06. The Hall–Kier alpha value is -1.41. The van der Waals surface area contributed by atoms with Gasteiger partial charge in [-0.2, -0.15) is 5.10 Å². The molecule has 1 amide bonds. The smallest absolute Gasteiger partial charge is 0.224 e. The molecule has 2 fully saturated rings. The molecule has 2 aliphatic rings. The van der Waals surface area contributed by atoms with Crippen molar-refractivity contribution in [3.8, 4) is 0 Å². The Kier molecular flexibility index (Phi) is 4.72. The van der Waals surface area contributed by atoms with Crippen molar-refractivity contribution in [2.75, 3.05) is 31.1 Å². The van der Waals surface area contributed by atoms with Crippen molar-refractivity contribution in [2.24, 2.45) is 0 Å². The molecule has 1 aromatic heterocycles. The Morgan fingerprint density at radius 2 is 2.00 bits per heavy atom. The first-order valence-corrected chi connectivity index (χ1v) is 10.0. The lowest BCUT2D eigenvalue weighted by molar-refractivity contribution is -0.137. The molecule has 3 heterocycles. The van der Waals surface area contributed by atoms with Crippen molar-refractivity contribution < 1.29 is 13.2 Å². The number of nitrogens with zero attached hydrogens (tertiary/aromatic N) is 4. The van der Waals surface area contributed by atoms with E-state index in [1.165, 1.54) is 0 Å². The second kappa shape index (κ2) is 6.60. The minimum Gasteiger partial charge on any atom is -0.336 e. The number of rotatable bonds is 5. The third-order valence-electron chi connectivity index (χ3n) is 4.74. The number of piperazine rings is 1. The first-order chi connectivity index (χ1) is 11.0. The third kappa shape index (κ3) is 3.58. The zero-order valence-corrected chi connectivity index (χ0v) is 14.3. The van der Waals surface area contributed by atoms with Gasteiger partial charge < -0.3 is 4.90 Å². The van der Waals surface area contributed by atoms with Gasteiger partial charge in [-0.3, -0.25) is 14.4 Å². The van der Waals surface area contributed by atoms with Crippen molar-refractivity contribution in [3.63, 3.8) is 0 Å². The van der Waals surface area contributed by atoms with Gasteiger partial charge in [-0.25, -0.2) is 8.42 Å². The lowest BCUT2D eigenvalue weighted by Crippen LogP contribution is -2.60. The molecule has 0 saturated carbocycles. The van der Waals surface area contributed by atoms with Gasteiger partial charge in [0.15, 0.2) is 9.84 Å². The average molecular weight is 340 g/mol. The normalized spacial score (nSPS) is 27.1. The van der Waals surface area contributed by atoms with Crippen LogP contribution in [0.4, 0.5) is 0 Å². The summed E-state index contributed by atoms with van der Waals surface area (Å²) in [4.78, 5) is 16.6. The van der Waals surface area contributed by atoms with Gasteiger partial charge in [0.05, 0.1) is 17.5 Å². The van der Waals surface area contributed by atoms with Gasteiger partial charge in [0.25, 0.3) is 0 Å². The number of sulfone groups is 1. The Balaban J connectivity index is 1.68. The molecule has 2 saturated heterocycles. The van der Waals surface area contributed by atoms with Crippen LogP contribution in [0.1, 0.15) is 19.8 Å². The highest BCUT2D eigenvalue weighted by atomic mass is 32.2. The van der Waals surface area contributed by atoms with Gasteiger partial charge >= 0.3 is 0 Å². The maximum atomic E-state index is 12.6. The number of amides is 1. The van der Waals surface area contributed by atoms with Crippen LogP contribution in [-0.2, 0) is 21.2 Å². The van der Waals surface area contributed by atoms with E-state index in [1.54, 1.807) is 15.8 Å². The first kappa shape index (κ1) is 16.4. The fourth-order valence-corrected chi connectivity index (χ4v) is 5.70. The molecule has 0 bridgehead atoms. The van der Waals surface area contributed by atoms with Crippen molar-refractivity contribution in [3.05, 3.63) is 18.5 Å². The first-order valence-electron chi connectivity index (χ1n) is 8.21. The van der Waals surface area contributed by atoms with E-state index in [2.05, 4.69) is 16.9 Å². The van der Waals surface area contributed by atoms with Gasteiger partial charge in [0, 0.05) is 44.5 Å². The van der Waals surface area contributed by atoms with Gasteiger partial charge in [-0.1, -0.05) is 6.92 Å². The van der Waals surface area contributed by atoms with Crippen LogP contribution in [0.25, 0.3) is 0 Å². The Morgan fingerprint density at radius 3 is 2.70 bits per heavy atom. The van der Waals surface area contributed by atoms with E-state index in [0.29, 0.717) is 19.5 Å². The van der Waals surface area contributed by atoms with Crippen LogP contribution >= 0.6 is 0 Å². The lowest BCUT2D eigenvalue weighted by Gasteiger charge is -2.44. The van der Waals surface area contributed by atoms with E-state index in [4.69, 9.17) is 0 Å². The van der Waals surface area contributed by atoms with Gasteiger partial charge in [0.1, 0.15) is 0 Å². The van der Waals surface area contributed by atoms with Crippen molar-refractivity contribution in [1.82, 2.24) is 19.6 Å².